The van der Waals surface area contributed by atoms with Crippen LogP contribution in [-0.2, 0) is 4.79 Å². The molecule has 0 spiro atoms. The monoisotopic (exact) mass is 271 g/mol. The number of nitrogens with one attached hydrogen (secondary N) is 2. The highest BCUT2D eigenvalue weighted by atomic mass is 16.4. The molecule has 2 heterocycles. The molecule has 1 aliphatic rings. The molecule has 1 aromatic heterocycles. The highest BCUT2D eigenvalue weighted by Gasteiger charge is 2.22. The topological polar surface area (TPSA) is 91.3 Å². The van der Waals surface area contributed by atoms with Gasteiger partial charge in [-0.3, -0.25) is 4.79 Å². The fraction of sp³-hybridized carbons (Fsp3) is 0.214. The van der Waals surface area contributed by atoms with Crippen LogP contribution in [0.2, 0.25) is 0 Å². The molecule has 102 valence electrons. The minimum atomic E-state index is -1.07. The number of rotatable bonds is 3. The van der Waals surface area contributed by atoms with Gasteiger partial charge in [-0.25, -0.2) is 9.78 Å². The Labute approximate surface area is 114 Å². The summed E-state index contributed by atoms with van der Waals surface area (Å²) in [5, 5.41) is 15.9. The van der Waals surface area contributed by atoms with Crippen molar-refractivity contribution in [2.24, 2.45) is 0 Å². The number of fused-ring (bicyclic) bond motifs is 1. The number of nitrogens with zero attached hydrogens (tertiary/aromatic N) is 1. The van der Waals surface area contributed by atoms with Gasteiger partial charge in [0.15, 0.2) is 5.69 Å². The normalized spacial score (nSPS) is 18.0. The zero-order valence-electron chi connectivity index (χ0n) is 10.6. The van der Waals surface area contributed by atoms with E-state index in [1.165, 1.54) is 6.07 Å². The molecule has 0 bridgehead atoms. The summed E-state index contributed by atoms with van der Waals surface area (Å²) in [5.74, 6) is -1.07. The van der Waals surface area contributed by atoms with Crippen LogP contribution in [0.1, 0.15) is 16.9 Å². The molecule has 1 saturated heterocycles. The molecule has 6 nitrogen and oxygen atoms in total. The van der Waals surface area contributed by atoms with Gasteiger partial charge < -0.3 is 15.7 Å². The molecule has 1 atom stereocenters. The van der Waals surface area contributed by atoms with E-state index in [0.717, 1.165) is 5.39 Å². The molecule has 3 N–H and O–H groups in total. The van der Waals surface area contributed by atoms with Crippen LogP contribution in [0.25, 0.3) is 10.9 Å². The molecule has 1 unspecified atom stereocenters. The number of benzene rings is 1. The number of hydrogen-bond acceptors (Lipinski definition) is 4. The van der Waals surface area contributed by atoms with Gasteiger partial charge in [0.2, 0.25) is 5.91 Å². The van der Waals surface area contributed by atoms with Crippen LogP contribution in [0.3, 0.4) is 0 Å². The summed E-state index contributed by atoms with van der Waals surface area (Å²) >= 11 is 0. The highest BCUT2D eigenvalue weighted by molar-refractivity contribution is 5.97. The van der Waals surface area contributed by atoms with E-state index in [-0.39, 0.29) is 17.6 Å². The minimum Gasteiger partial charge on any atom is -0.477 e. The van der Waals surface area contributed by atoms with Gasteiger partial charge in [-0.05, 0) is 12.1 Å². The molecule has 20 heavy (non-hydrogen) atoms. The number of aromatic nitrogens is 1. The Balaban J connectivity index is 2.03. The Morgan fingerprint density at radius 1 is 1.40 bits per heavy atom. The van der Waals surface area contributed by atoms with Crippen molar-refractivity contribution in [2.45, 2.75) is 12.5 Å². The van der Waals surface area contributed by atoms with Gasteiger partial charge in [-0.15, -0.1) is 0 Å². The zero-order valence-corrected chi connectivity index (χ0v) is 10.6. The number of pyridine rings is 1. The van der Waals surface area contributed by atoms with Crippen molar-refractivity contribution in [3.05, 3.63) is 36.0 Å². The number of aromatic carboxylic acids is 1. The maximum Gasteiger partial charge on any atom is 0.354 e. The predicted molar refractivity (Wildman–Crippen MR) is 73.7 cm³/mol. The fourth-order valence-electron chi connectivity index (χ4n) is 2.33. The molecule has 0 saturated carbocycles. The van der Waals surface area contributed by atoms with Crippen LogP contribution in [0, 0.1) is 0 Å². The number of amides is 1. The van der Waals surface area contributed by atoms with Gasteiger partial charge in [-0.2, -0.15) is 0 Å². The first-order valence-electron chi connectivity index (χ1n) is 6.30. The lowest BCUT2D eigenvalue weighted by Gasteiger charge is -2.14. The molecule has 2 aromatic rings. The van der Waals surface area contributed by atoms with Crippen LogP contribution in [-0.4, -0.2) is 34.6 Å². The van der Waals surface area contributed by atoms with Crippen molar-refractivity contribution in [3.8, 4) is 0 Å². The van der Waals surface area contributed by atoms with Gasteiger partial charge in [0.1, 0.15) is 0 Å². The average Bonchev–Trinajstić information content (AvgIpc) is 2.84. The standard InChI is InChI=1S/C14H13N3O3/c18-13-5-8(7-15-13)16-11-6-12(14(19)20)17-10-4-2-1-3-9(10)11/h1-4,6,8H,5,7H2,(H,15,18)(H,16,17)(H,19,20). The number of anilines is 1. The summed E-state index contributed by atoms with van der Waals surface area (Å²) in [6, 6.07) is 8.80. The number of carboxylic acids is 1. The molecular formula is C14H13N3O3. The molecule has 0 aliphatic carbocycles. The van der Waals surface area contributed by atoms with Crippen molar-refractivity contribution in [1.29, 1.82) is 0 Å². The first-order valence-corrected chi connectivity index (χ1v) is 6.30. The van der Waals surface area contributed by atoms with Crippen molar-refractivity contribution in [3.63, 3.8) is 0 Å². The van der Waals surface area contributed by atoms with E-state index in [4.69, 9.17) is 5.11 Å². The summed E-state index contributed by atoms with van der Waals surface area (Å²) in [4.78, 5) is 26.5. The summed E-state index contributed by atoms with van der Waals surface area (Å²) < 4.78 is 0. The number of hydrogen-bond donors (Lipinski definition) is 3. The maximum atomic E-state index is 11.2. The first kappa shape index (κ1) is 12.4. The van der Waals surface area contributed by atoms with E-state index < -0.39 is 5.97 Å². The van der Waals surface area contributed by atoms with Gasteiger partial charge in [0.05, 0.1) is 11.6 Å². The van der Waals surface area contributed by atoms with Crippen LogP contribution >= 0.6 is 0 Å². The van der Waals surface area contributed by atoms with E-state index in [1.54, 1.807) is 6.07 Å². The van der Waals surface area contributed by atoms with Gasteiger partial charge in [0.25, 0.3) is 0 Å². The van der Waals surface area contributed by atoms with Gasteiger partial charge in [0, 0.05) is 24.0 Å². The Morgan fingerprint density at radius 3 is 2.90 bits per heavy atom. The van der Waals surface area contributed by atoms with Crippen molar-refractivity contribution in [1.82, 2.24) is 10.3 Å². The molecule has 0 radical (unpaired) electrons. The number of carboxylic acid groups (broad SMARTS) is 1. The van der Waals surface area contributed by atoms with Crippen molar-refractivity contribution < 1.29 is 14.7 Å². The van der Waals surface area contributed by atoms with E-state index in [1.807, 2.05) is 18.2 Å². The van der Waals surface area contributed by atoms with Crippen LogP contribution in [0.5, 0.6) is 0 Å². The summed E-state index contributed by atoms with van der Waals surface area (Å²) in [6.45, 7) is 0.540. The first-order chi connectivity index (χ1) is 9.63. The summed E-state index contributed by atoms with van der Waals surface area (Å²) in [5.41, 5.74) is 1.30. The summed E-state index contributed by atoms with van der Waals surface area (Å²) in [6.07, 6.45) is 0.388. The van der Waals surface area contributed by atoms with Gasteiger partial charge in [-0.1, -0.05) is 18.2 Å². The SMILES string of the molecule is O=C1CC(Nc2cc(C(=O)O)nc3ccccc23)CN1. The third-order valence-corrected chi connectivity index (χ3v) is 3.27. The minimum absolute atomic E-state index is 0.000630. The third-order valence-electron chi connectivity index (χ3n) is 3.27. The fourth-order valence-corrected chi connectivity index (χ4v) is 2.33. The molecule has 3 rings (SSSR count). The van der Waals surface area contributed by atoms with Crippen LogP contribution in [0.4, 0.5) is 5.69 Å². The molecule has 1 aromatic carbocycles. The molecule has 1 aliphatic heterocycles. The molecule has 6 heteroatoms. The Bertz CT molecular complexity index is 699. The largest absolute Gasteiger partial charge is 0.477 e. The third kappa shape index (κ3) is 2.27. The second-order valence-electron chi connectivity index (χ2n) is 4.73. The highest BCUT2D eigenvalue weighted by Crippen LogP contribution is 2.24. The molecular weight excluding hydrogens is 258 g/mol. The van der Waals surface area contributed by atoms with Crippen LogP contribution < -0.4 is 10.6 Å². The smallest absolute Gasteiger partial charge is 0.354 e. The lowest BCUT2D eigenvalue weighted by Crippen LogP contribution is -2.22. The summed E-state index contributed by atoms with van der Waals surface area (Å²) in [7, 11) is 0. The quantitative estimate of drug-likeness (QED) is 0.781. The van der Waals surface area contributed by atoms with Gasteiger partial charge >= 0.3 is 5.97 Å². The second kappa shape index (κ2) is 4.80. The number of para-hydroxylation sites is 1. The zero-order chi connectivity index (χ0) is 14.1. The molecule has 1 fully saturated rings. The lowest BCUT2D eigenvalue weighted by molar-refractivity contribution is -0.119. The number of carbonyl (C=O) groups is 2. The van der Waals surface area contributed by atoms with Crippen LogP contribution in [0.15, 0.2) is 30.3 Å². The Morgan fingerprint density at radius 2 is 2.20 bits per heavy atom. The van der Waals surface area contributed by atoms with E-state index >= 15 is 0 Å². The second-order valence-corrected chi connectivity index (χ2v) is 4.73. The van der Waals surface area contributed by atoms with E-state index in [0.29, 0.717) is 24.2 Å². The maximum absolute atomic E-state index is 11.2. The predicted octanol–water partition coefficient (Wildman–Crippen LogP) is 1.23. The van der Waals surface area contributed by atoms with E-state index in [9.17, 15) is 9.59 Å². The number of carbonyl (C=O) groups excluding carboxylic acids is 1. The Kier molecular flexibility index (Phi) is 2.98. The van der Waals surface area contributed by atoms with Crippen molar-refractivity contribution in [2.75, 3.05) is 11.9 Å². The average molecular weight is 271 g/mol. The van der Waals surface area contributed by atoms with Crippen molar-refractivity contribution >= 4 is 28.5 Å². The Hall–Kier alpha value is -2.63. The van der Waals surface area contributed by atoms with E-state index in [2.05, 4.69) is 15.6 Å². The molecule has 1 amide bonds. The lowest BCUT2D eigenvalue weighted by atomic mass is 10.1.